The predicted molar refractivity (Wildman–Crippen MR) is 100 cm³/mol. The fourth-order valence-corrected chi connectivity index (χ4v) is 2.94. The lowest BCUT2D eigenvalue weighted by Crippen LogP contribution is -2.12. The van der Waals surface area contributed by atoms with Crippen LogP contribution in [0.15, 0.2) is 59.8 Å². The summed E-state index contributed by atoms with van der Waals surface area (Å²) < 4.78 is 1.51. The summed E-state index contributed by atoms with van der Waals surface area (Å²) >= 11 is 7.60. The molecule has 0 saturated carbocycles. The monoisotopic (exact) mass is 368 g/mol. The van der Waals surface area contributed by atoms with Gasteiger partial charge in [-0.25, -0.2) is 9.67 Å². The molecule has 2 heterocycles. The molecule has 0 aliphatic heterocycles. The number of thioether (sulfide) groups is 1. The van der Waals surface area contributed by atoms with Crippen molar-refractivity contribution in [3.63, 3.8) is 0 Å². The lowest BCUT2D eigenvalue weighted by molar-refractivity contribution is 0.102. The van der Waals surface area contributed by atoms with Crippen molar-refractivity contribution in [3.8, 4) is 18.2 Å². The molecule has 0 unspecified atom stereocenters. The van der Waals surface area contributed by atoms with E-state index in [-0.39, 0.29) is 5.91 Å². The van der Waals surface area contributed by atoms with Gasteiger partial charge in [-0.3, -0.25) is 4.79 Å². The molecule has 0 aliphatic carbocycles. The van der Waals surface area contributed by atoms with Crippen LogP contribution in [0.25, 0.3) is 5.82 Å². The van der Waals surface area contributed by atoms with Crippen molar-refractivity contribution < 1.29 is 4.79 Å². The van der Waals surface area contributed by atoms with Crippen molar-refractivity contribution in [3.05, 3.63) is 65.4 Å². The number of hydrogen-bond donors (Lipinski definition) is 1. The molecule has 0 bridgehead atoms. The Morgan fingerprint density at radius 3 is 3.00 bits per heavy atom. The maximum atomic E-state index is 12.4. The average molecular weight is 369 g/mol. The summed E-state index contributed by atoms with van der Waals surface area (Å²) in [5.41, 5.74) is 0.535. The van der Waals surface area contributed by atoms with Gasteiger partial charge in [-0.05, 0) is 30.3 Å². The second-order valence-electron chi connectivity index (χ2n) is 4.93. The Morgan fingerprint density at radius 1 is 1.32 bits per heavy atom. The van der Waals surface area contributed by atoms with E-state index in [0.717, 1.165) is 4.90 Å². The third kappa shape index (κ3) is 4.21. The summed E-state index contributed by atoms with van der Waals surface area (Å²) in [6.07, 6.45) is 8.57. The molecule has 0 spiro atoms. The Morgan fingerprint density at radius 2 is 2.20 bits per heavy atom. The minimum absolute atomic E-state index is 0.250. The molecule has 7 heteroatoms. The standard InChI is InChI=1S/C18H13ClN4OS/c1-2-11-25-14-6-3-5-13(12-14)18(24)21-16-8-10-23(22-16)17-15(19)7-4-9-20-17/h1,3-10,12H,11H2,(H,21,22,24). The normalized spacial score (nSPS) is 10.2. The molecular weight excluding hydrogens is 356 g/mol. The number of carbonyl (C=O) groups excluding carboxylic acids is 1. The van der Waals surface area contributed by atoms with Crippen LogP contribution in [0.2, 0.25) is 5.02 Å². The number of pyridine rings is 1. The van der Waals surface area contributed by atoms with Crippen LogP contribution >= 0.6 is 23.4 Å². The Bertz CT molecular complexity index is 948. The lowest BCUT2D eigenvalue weighted by Gasteiger charge is -2.05. The summed E-state index contributed by atoms with van der Waals surface area (Å²) in [5, 5.41) is 7.52. The first kappa shape index (κ1) is 17.1. The van der Waals surface area contributed by atoms with Gasteiger partial charge in [-0.1, -0.05) is 23.6 Å². The van der Waals surface area contributed by atoms with Gasteiger partial charge in [-0.15, -0.1) is 23.3 Å². The van der Waals surface area contributed by atoms with Crippen molar-refractivity contribution in [2.45, 2.75) is 4.90 Å². The van der Waals surface area contributed by atoms with Crippen molar-refractivity contribution in [1.29, 1.82) is 0 Å². The van der Waals surface area contributed by atoms with Crippen LogP contribution in [-0.4, -0.2) is 26.4 Å². The van der Waals surface area contributed by atoms with Gasteiger partial charge in [0.05, 0.1) is 10.8 Å². The van der Waals surface area contributed by atoms with E-state index in [2.05, 4.69) is 21.3 Å². The number of halogens is 1. The van der Waals surface area contributed by atoms with E-state index in [4.69, 9.17) is 18.0 Å². The maximum absolute atomic E-state index is 12.4. The number of nitrogens with zero attached hydrogens (tertiary/aromatic N) is 3. The highest BCUT2D eigenvalue weighted by Crippen LogP contribution is 2.20. The van der Waals surface area contributed by atoms with Crippen LogP contribution < -0.4 is 5.32 Å². The summed E-state index contributed by atoms with van der Waals surface area (Å²) in [7, 11) is 0. The quantitative estimate of drug-likeness (QED) is 0.548. The van der Waals surface area contributed by atoms with Gasteiger partial charge in [0.2, 0.25) is 0 Å². The van der Waals surface area contributed by atoms with E-state index >= 15 is 0 Å². The van der Waals surface area contributed by atoms with E-state index < -0.39 is 0 Å². The maximum Gasteiger partial charge on any atom is 0.256 e. The number of carbonyl (C=O) groups is 1. The highest BCUT2D eigenvalue weighted by atomic mass is 35.5. The zero-order valence-electron chi connectivity index (χ0n) is 13.0. The Kier molecular flexibility index (Phi) is 5.39. The number of terminal acetylenes is 1. The summed E-state index contributed by atoms with van der Waals surface area (Å²) in [6, 6.07) is 12.4. The number of nitrogens with one attached hydrogen (secondary N) is 1. The van der Waals surface area contributed by atoms with E-state index in [1.165, 1.54) is 16.4 Å². The zero-order valence-corrected chi connectivity index (χ0v) is 14.6. The number of aromatic nitrogens is 3. The molecule has 5 nitrogen and oxygen atoms in total. The van der Waals surface area contributed by atoms with E-state index in [1.807, 2.05) is 12.1 Å². The highest BCUT2D eigenvalue weighted by molar-refractivity contribution is 7.99. The molecule has 0 saturated heterocycles. The first-order valence-electron chi connectivity index (χ1n) is 7.31. The topological polar surface area (TPSA) is 59.8 Å². The van der Waals surface area contributed by atoms with E-state index in [1.54, 1.807) is 42.7 Å². The van der Waals surface area contributed by atoms with Crippen LogP contribution in [0.5, 0.6) is 0 Å². The van der Waals surface area contributed by atoms with Crippen LogP contribution in [0.4, 0.5) is 5.82 Å². The zero-order chi connectivity index (χ0) is 17.6. The van der Waals surface area contributed by atoms with Gasteiger partial charge in [-0.2, -0.15) is 0 Å². The fourth-order valence-electron chi connectivity index (χ4n) is 2.10. The van der Waals surface area contributed by atoms with Crippen LogP contribution in [0.1, 0.15) is 10.4 Å². The van der Waals surface area contributed by atoms with Crippen molar-refractivity contribution in [1.82, 2.24) is 14.8 Å². The van der Waals surface area contributed by atoms with Crippen molar-refractivity contribution >= 4 is 35.1 Å². The summed E-state index contributed by atoms with van der Waals surface area (Å²) in [4.78, 5) is 17.5. The molecule has 0 fully saturated rings. The minimum Gasteiger partial charge on any atom is -0.305 e. The van der Waals surface area contributed by atoms with Gasteiger partial charge < -0.3 is 5.32 Å². The smallest absolute Gasteiger partial charge is 0.256 e. The first-order valence-corrected chi connectivity index (χ1v) is 8.68. The molecule has 3 rings (SSSR count). The molecule has 1 N–H and O–H groups in total. The number of anilines is 1. The third-order valence-corrected chi connectivity index (χ3v) is 4.40. The number of rotatable bonds is 5. The van der Waals surface area contributed by atoms with Gasteiger partial charge >= 0.3 is 0 Å². The van der Waals surface area contributed by atoms with E-state index in [9.17, 15) is 4.79 Å². The molecule has 1 aromatic carbocycles. The molecule has 0 radical (unpaired) electrons. The van der Waals surface area contributed by atoms with Gasteiger partial charge in [0.15, 0.2) is 11.6 Å². The van der Waals surface area contributed by atoms with Crippen LogP contribution in [0.3, 0.4) is 0 Å². The molecule has 3 aromatic rings. The molecule has 0 atom stereocenters. The highest BCUT2D eigenvalue weighted by Gasteiger charge is 2.11. The Balaban J connectivity index is 1.74. The van der Waals surface area contributed by atoms with Crippen molar-refractivity contribution in [2.24, 2.45) is 0 Å². The molecule has 0 aliphatic rings. The molecule has 2 aromatic heterocycles. The minimum atomic E-state index is -0.250. The fraction of sp³-hybridized carbons (Fsp3) is 0.0556. The molecular formula is C18H13ClN4OS. The summed E-state index contributed by atoms with van der Waals surface area (Å²) in [5.74, 6) is 3.77. The van der Waals surface area contributed by atoms with Crippen LogP contribution in [0, 0.1) is 12.3 Å². The van der Waals surface area contributed by atoms with E-state index in [0.29, 0.717) is 28.0 Å². The Labute approximate surface area is 154 Å². The predicted octanol–water partition coefficient (Wildman–Crippen LogP) is 3.90. The lowest BCUT2D eigenvalue weighted by atomic mass is 10.2. The second kappa shape index (κ2) is 7.88. The number of hydrogen-bond acceptors (Lipinski definition) is 4. The second-order valence-corrected chi connectivity index (χ2v) is 6.39. The Hall–Kier alpha value is -2.75. The van der Waals surface area contributed by atoms with Gasteiger partial charge in [0, 0.05) is 28.9 Å². The first-order chi connectivity index (χ1) is 12.2. The molecule has 25 heavy (non-hydrogen) atoms. The third-order valence-electron chi connectivity index (χ3n) is 3.21. The average Bonchev–Trinajstić information content (AvgIpc) is 3.09. The molecule has 124 valence electrons. The molecule has 1 amide bonds. The van der Waals surface area contributed by atoms with Crippen LogP contribution in [-0.2, 0) is 0 Å². The van der Waals surface area contributed by atoms with Gasteiger partial charge in [0.1, 0.15) is 0 Å². The van der Waals surface area contributed by atoms with Crippen molar-refractivity contribution in [2.75, 3.05) is 11.1 Å². The SMILES string of the molecule is C#CCSc1cccc(C(=O)Nc2ccn(-c3ncccc3Cl)n2)c1. The summed E-state index contributed by atoms with van der Waals surface area (Å²) in [6.45, 7) is 0. The van der Waals surface area contributed by atoms with Gasteiger partial charge in [0.25, 0.3) is 5.91 Å². The number of amides is 1. The largest absolute Gasteiger partial charge is 0.305 e. The number of benzene rings is 1.